The minimum Gasteiger partial charge on any atom is -0.403 e. The van der Waals surface area contributed by atoms with Crippen LogP contribution >= 0.6 is 0 Å². The smallest absolute Gasteiger partial charge is 0.315 e. The number of rotatable bonds is 4. The van der Waals surface area contributed by atoms with Gasteiger partial charge in [-0.05, 0) is 30.5 Å². The molecule has 1 saturated heterocycles. The topological polar surface area (TPSA) is 74.7 Å². The van der Waals surface area contributed by atoms with Gasteiger partial charge in [0, 0.05) is 18.1 Å². The molecule has 0 atom stereocenters. The van der Waals surface area contributed by atoms with Crippen LogP contribution in [0.15, 0.2) is 28.7 Å². The Kier molecular flexibility index (Phi) is 4.43. The molecule has 112 valence electrons. The van der Waals surface area contributed by atoms with Gasteiger partial charge in [-0.2, -0.15) is 0 Å². The van der Waals surface area contributed by atoms with Gasteiger partial charge in [-0.25, -0.2) is 5.26 Å². The number of hydrogen-bond acceptors (Lipinski definition) is 5. The van der Waals surface area contributed by atoms with Gasteiger partial charge in [0.15, 0.2) is 0 Å². The van der Waals surface area contributed by atoms with E-state index in [2.05, 4.69) is 33.6 Å². The lowest BCUT2D eigenvalue weighted by Gasteiger charge is -2.23. The van der Waals surface area contributed by atoms with Crippen LogP contribution in [-0.2, 0) is 0 Å². The Morgan fingerprint density at radius 1 is 1.27 bits per heavy atom. The molecular formula is C16H19BN4O. The molecule has 2 heterocycles. The molecule has 3 rings (SSSR count). The van der Waals surface area contributed by atoms with E-state index in [9.17, 15) is 0 Å². The van der Waals surface area contributed by atoms with Gasteiger partial charge in [-0.1, -0.05) is 42.7 Å². The van der Waals surface area contributed by atoms with Crippen molar-refractivity contribution in [3.05, 3.63) is 29.8 Å². The van der Waals surface area contributed by atoms with Gasteiger partial charge in [0.25, 0.3) is 6.71 Å². The van der Waals surface area contributed by atoms with Gasteiger partial charge < -0.3 is 9.73 Å². The average Bonchev–Trinajstić information content (AvgIpc) is 3.04. The van der Waals surface area contributed by atoms with E-state index in [1.54, 1.807) is 0 Å². The molecule has 0 unspecified atom stereocenters. The number of nitriles is 1. The minimum atomic E-state index is 0.249. The van der Waals surface area contributed by atoms with Crippen molar-refractivity contribution in [3.8, 4) is 17.4 Å². The Hall–Kier alpha value is -2.29. The standard InChI is InChI=1S/C16H19BN4O/c1-2-19-16-21-20-15(22-16)14-5-3-12(4-6-14)13-7-9-17(11-18)10-8-13/h3-6,13H,2,7-10H2,1H3,(H,19,21). The van der Waals surface area contributed by atoms with E-state index in [1.165, 1.54) is 5.56 Å². The number of nitrogens with one attached hydrogen (secondary N) is 1. The second kappa shape index (κ2) is 6.65. The van der Waals surface area contributed by atoms with Crippen molar-refractivity contribution in [2.24, 2.45) is 0 Å². The Labute approximate surface area is 130 Å². The predicted octanol–water partition coefficient (Wildman–Crippen LogP) is 3.60. The van der Waals surface area contributed by atoms with Gasteiger partial charge in [0.05, 0.1) is 0 Å². The van der Waals surface area contributed by atoms with Crippen molar-refractivity contribution in [1.29, 1.82) is 5.26 Å². The normalized spacial score (nSPS) is 15.5. The van der Waals surface area contributed by atoms with Gasteiger partial charge in [0.1, 0.15) is 0 Å². The molecule has 0 bridgehead atoms. The van der Waals surface area contributed by atoms with Crippen LogP contribution in [0.4, 0.5) is 6.01 Å². The number of aromatic nitrogens is 2. The monoisotopic (exact) mass is 294 g/mol. The second-order valence-corrected chi connectivity index (χ2v) is 5.74. The first-order chi connectivity index (χ1) is 10.8. The van der Waals surface area contributed by atoms with Gasteiger partial charge in [-0.15, -0.1) is 5.10 Å². The van der Waals surface area contributed by atoms with Crippen molar-refractivity contribution in [1.82, 2.24) is 10.2 Å². The highest BCUT2D eigenvalue weighted by molar-refractivity contribution is 6.67. The zero-order valence-corrected chi connectivity index (χ0v) is 12.7. The van der Waals surface area contributed by atoms with Gasteiger partial charge in [-0.3, -0.25) is 0 Å². The summed E-state index contributed by atoms with van der Waals surface area (Å²) in [6, 6.07) is 8.81. The summed E-state index contributed by atoms with van der Waals surface area (Å²) in [7, 11) is 0. The van der Waals surface area contributed by atoms with E-state index in [4.69, 9.17) is 9.68 Å². The summed E-state index contributed by atoms with van der Waals surface area (Å²) in [6.07, 6.45) is 4.22. The minimum absolute atomic E-state index is 0.249. The van der Waals surface area contributed by atoms with Crippen LogP contribution < -0.4 is 5.32 Å². The summed E-state index contributed by atoms with van der Waals surface area (Å²) in [6.45, 7) is 2.99. The third kappa shape index (κ3) is 3.14. The van der Waals surface area contributed by atoms with E-state index in [-0.39, 0.29) is 6.71 Å². The lowest BCUT2D eigenvalue weighted by atomic mass is 9.41. The van der Waals surface area contributed by atoms with Crippen LogP contribution in [0.25, 0.3) is 11.5 Å². The lowest BCUT2D eigenvalue weighted by molar-refractivity contribution is 0.582. The van der Waals surface area contributed by atoms with Gasteiger partial charge >= 0.3 is 6.01 Å². The number of anilines is 1. The number of benzene rings is 1. The van der Waals surface area contributed by atoms with E-state index >= 15 is 0 Å². The van der Waals surface area contributed by atoms with E-state index in [0.717, 1.165) is 37.6 Å². The first-order valence-corrected chi connectivity index (χ1v) is 7.87. The summed E-state index contributed by atoms with van der Waals surface area (Å²) in [4.78, 5) is 0. The first kappa shape index (κ1) is 14.6. The highest BCUT2D eigenvalue weighted by atomic mass is 16.4. The molecule has 1 aliphatic heterocycles. The molecule has 1 N–H and O–H groups in total. The molecule has 22 heavy (non-hydrogen) atoms. The molecule has 1 aromatic carbocycles. The molecule has 1 aliphatic rings. The van der Waals surface area contributed by atoms with Crippen LogP contribution in [0.2, 0.25) is 12.6 Å². The van der Waals surface area contributed by atoms with Crippen molar-refractivity contribution in [3.63, 3.8) is 0 Å². The molecule has 0 amide bonds. The van der Waals surface area contributed by atoms with E-state index in [0.29, 0.717) is 17.8 Å². The highest BCUT2D eigenvalue weighted by Crippen LogP contribution is 2.34. The van der Waals surface area contributed by atoms with Crippen molar-refractivity contribution >= 4 is 12.7 Å². The summed E-state index contributed by atoms with van der Waals surface area (Å²) < 4.78 is 5.55. The maximum absolute atomic E-state index is 8.97. The predicted molar refractivity (Wildman–Crippen MR) is 86.9 cm³/mol. The van der Waals surface area contributed by atoms with Crippen LogP contribution in [0.3, 0.4) is 0 Å². The van der Waals surface area contributed by atoms with Crippen molar-refractivity contribution in [2.75, 3.05) is 11.9 Å². The fourth-order valence-corrected chi connectivity index (χ4v) is 3.02. The molecule has 0 saturated carbocycles. The molecule has 5 nitrogen and oxygen atoms in total. The Balaban J connectivity index is 1.68. The second-order valence-electron chi connectivity index (χ2n) is 5.74. The molecular weight excluding hydrogens is 275 g/mol. The fourth-order valence-electron chi connectivity index (χ4n) is 3.02. The van der Waals surface area contributed by atoms with Crippen LogP contribution in [-0.4, -0.2) is 23.5 Å². The molecule has 0 radical (unpaired) electrons. The quantitative estimate of drug-likeness (QED) is 0.872. The highest BCUT2D eigenvalue weighted by Gasteiger charge is 2.25. The third-order valence-electron chi connectivity index (χ3n) is 4.29. The molecule has 0 aliphatic carbocycles. The zero-order chi connectivity index (χ0) is 15.4. The summed E-state index contributed by atoms with van der Waals surface area (Å²) >= 11 is 0. The van der Waals surface area contributed by atoms with Gasteiger partial charge in [0.2, 0.25) is 5.89 Å². The molecule has 6 heteroatoms. The van der Waals surface area contributed by atoms with Crippen molar-refractivity contribution < 1.29 is 4.42 Å². The molecule has 2 aromatic rings. The van der Waals surface area contributed by atoms with Crippen LogP contribution in [0, 0.1) is 11.2 Å². The van der Waals surface area contributed by atoms with E-state index in [1.807, 2.05) is 19.1 Å². The zero-order valence-electron chi connectivity index (χ0n) is 12.7. The Morgan fingerprint density at radius 2 is 2.00 bits per heavy atom. The van der Waals surface area contributed by atoms with E-state index < -0.39 is 0 Å². The number of nitrogens with zero attached hydrogens (tertiary/aromatic N) is 3. The Bertz CT molecular complexity index is 654. The van der Waals surface area contributed by atoms with Crippen molar-refractivity contribution in [2.45, 2.75) is 38.3 Å². The molecule has 0 spiro atoms. The summed E-state index contributed by atoms with van der Waals surface area (Å²) in [5, 5.41) is 20.0. The van der Waals surface area contributed by atoms with Crippen LogP contribution in [0.1, 0.15) is 31.2 Å². The maximum Gasteiger partial charge on any atom is 0.315 e. The Morgan fingerprint density at radius 3 is 2.64 bits per heavy atom. The summed E-state index contributed by atoms with van der Waals surface area (Å²) in [5.74, 6) is 3.49. The lowest BCUT2D eigenvalue weighted by Crippen LogP contribution is -2.18. The maximum atomic E-state index is 8.97. The fraction of sp³-hybridized carbons (Fsp3) is 0.438. The first-order valence-electron chi connectivity index (χ1n) is 7.87. The number of hydrogen-bond donors (Lipinski definition) is 1. The molecule has 1 aromatic heterocycles. The SMILES string of the molecule is CCNc1nnc(-c2ccc(C3CCB(C#N)CC3)cc2)o1. The average molecular weight is 294 g/mol. The largest absolute Gasteiger partial charge is 0.403 e. The molecule has 1 fully saturated rings. The van der Waals surface area contributed by atoms with Crippen LogP contribution in [0.5, 0.6) is 0 Å². The summed E-state index contributed by atoms with van der Waals surface area (Å²) in [5.41, 5.74) is 2.28. The third-order valence-corrected chi connectivity index (χ3v) is 4.29.